The number of hydrogen-bond acceptors (Lipinski definition) is 5. The summed E-state index contributed by atoms with van der Waals surface area (Å²) in [4.78, 5) is 28.1. The van der Waals surface area contributed by atoms with E-state index in [1.807, 2.05) is 56.0 Å². The maximum Gasteiger partial charge on any atom is 0.410 e. The van der Waals surface area contributed by atoms with Gasteiger partial charge >= 0.3 is 12.1 Å². The first-order valence-electron chi connectivity index (χ1n) is 15.4. The molecule has 7 nitrogen and oxygen atoms in total. The number of ether oxygens (including phenoxy) is 2. The number of nitrogens with zero attached hydrogens (tertiary/aromatic N) is 2. The Hall–Kier alpha value is -2.84. The first-order chi connectivity index (χ1) is 20.4. The van der Waals surface area contributed by atoms with Gasteiger partial charge in [-0.2, -0.15) is 0 Å². The van der Waals surface area contributed by atoms with Gasteiger partial charge in [-0.3, -0.25) is 4.79 Å². The van der Waals surface area contributed by atoms with Gasteiger partial charge in [0.1, 0.15) is 18.0 Å². The molecule has 4 rings (SSSR count). The zero-order valence-corrected chi connectivity index (χ0v) is 28.9. The van der Waals surface area contributed by atoms with Crippen LogP contribution in [0.2, 0.25) is 5.02 Å². The summed E-state index contributed by atoms with van der Waals surface area (Å²) in [5.74, 6) is -0.116. The largest absolute Gasteiger partial charge is 0.491 e. The molecular formula is C35H47ClN2O5S. The van der Waals surface area contributed by atoms with Crippen LogP contribution in [-0.4, -0.2) is 56.2 Å². The van der Waals surface area contributed by atoms with E-state index in [4.69, 9.17) is 21.1 Å². The summed E-state index contributed by atoms with van der Waals surface area (Å²) < 4.78 is 14.2. The Balaban J connectivity index is 1.74. The van der Waals surface area contributed by atoms with Gasteiger partial charge in [-0.05, 0) is 89.8 Å². The van der Waals surface area contributed by atoms with Gasteiger partial charge in [0.25, 0.3) is 0 Å². The van der Waals surface area contributed by atoms with Gasteiger partial charge in [0.15, 0.2) is 0 Å². The molecule has 2 heterocycles. The zero-order valence-electron chi connectivity index (χ0n) is 27.3. The number of rotatable bonds is 9. The minimum atomic E-state index is -0.968. The molecule has 1 fully saturated rings. The second-order valence-corrected chi connectivity index (χ2v) is 16.7. The van der Waals surface area contributed by atoms with Crippen molar-refractivity contribution in [3.8, 4) is 5.75 Å². The molecule has 1 atom stereocenters. The number of likely N-dealkylation sites (tertiary alicyclic amines) is 1. The molecule has 44 heavy (non-hydrogen) atoms. The molecule has 9 heteroatoms. The lowest BCUT2D eigenvalue weighted by Gasteiger charge is -2.36. The van der Waals surface area contributed by atoms with Crippen molar-refractivity contribution in [2.75, 3.05) is 13.2 Å². The average molecular weight is 643 g/mol. The topological polar surface area (TPSA) is 81.0 Å². The van der Waals surface area contributed by atoms with E-state index in [2.05, 4.69) is 37.5 Å². The molecule has 0 bridgehead atoms. The molecule has 1 aliphatic heterocycles. The number of carboxylic acids is 1. The van der Waals surface area contributed by atoms with Crippen molar-refractivity contribution in [3.63, 3.8) is 0 Å². The second-order valence-electron chi connectivity index (χ2n) is 14.4. The minimum absolute atomic E-state index is 0.0702. The smallest absolute Gasteiger partial charge is 0.410 e. The third kappa shape index (κ3) is 8.66. The van der Waals surface area contributed by atoms with E-state index < -0.39 is 17.0 Å². The van der Waals surface area contributed by atoms with Crippen molar-refractivity contribution in [1.29, 1.82) is 0 Å². The number of piperidine rings is 1. The van der Waals surface area contributed by atoms with E-state index in [1.165, 1.54) is 0 Å². The highest BCUT2D eigenvalue weighted by molar-refractivity contribution is 8.00. The van der Waals surface area contributed by atoms with Gasteiger partial charge in [0.2, 0.25) is 0 Å². The summed E-state index contributed by atoms with van der Waals surface area (Å²) in [6, 6.07) is 13.8. The number of hydrogen-bond donors (Lipinski definition) is 1. The second kappa shape index (κ2) is 13.3. The quantitative estimate of drug-likeness (QED) is 0.235. The zero-order chi connectivity index (χ0) is 32.4. The fraction of sp³-hybridized carbons (Fsp3) is 0.543. The third-order valence-corrected chi connectivity index (χ3v) is 9.16. The Morgan fingerprint density at radius 2 is 1.68 bits per heavy atom. The Morgan fingerprint density at radius 1 is 1.00 bits per heavy atom. The van der Waals surface area contributed by atoms with Gasteiger partial charge in [-0.1, -0.05) is 44.5 Å². The maximum absolute atomic E-state index is 13.0. The molecule has 0 aliphatic carbocycles. The number of halogens is 1. The van der Waals surface area contributed by atoms with Crippen LogP contribution in [0.5, 0.6) is 5.75 Å². The van der Waals surface area contributed by atoms with Gasteiger partial charge < -0.3 is 24.0 Å². The van der Waals surface area contributed by atoms with Crippen LogP contribution in [0.1, 0.15) is 85.9 Å². The van der Waals surface area contributed by atoms with Crippen molar-refractivity contribution in [2.45, 2.75) is 109 Å². The summed E-state index contributed by atoms with van der Waals surface area (Å²) in [7, 11) is 0. The standard InChI is InChI=1S/C35H47ClN2O5S/c1-33(2,3)43-32(41)37-18-10-9-11-25(37)22-42-26-16-17-28-27(19-26)30(44-34(4,5)6)29(20-35(7,8)31(39)40)38(28)21-23-12-14-24(36)15-13-23/h12-17,19,25H,9-11,18,20-22H2,1-8H3,(H,39,40). The van der Waals surface area contributed by atoms with Gasteiger partial charge in [-0.15, -0.1) is 11.8 Å². The molecule has 3 aromatic rings. The monoisotopic (exact) mass is 642 g/mol. The number of benzene rings is 2. The number of amides is 1. The van der Waals surface area contributed by atoms with Crippen molar-refractivity contribution in [2.24, 2.45) is 5.41 Å². The molecule has 1 aliphatic rings. The van der Waals surface area contributed by atoms with E-state index in [9.17, 15) is 14.7 Å². The average Bonchev–Trinajstić information content (AvgIpc) is 3.17. The van der Waals surface area contributed by atoms with Crippen LogP contribution in [0.25, 0.3) is 10.9 Å². The predicted octanol–water partition coefficient (Wildman–Crippen LogP) is 9.06. The van der Waals surface area contributed by atoms with Crippen LogP contribution in [0.3, 0.4) is 0 Å². The summed E-state index contributed by atoms with van der Waals surface area (Å²) in [5, 5.41) is 11.8. The lowest BCUT2D eigenvalue weighted by Crippen LogP contribution is -2.48. The highest BCUT2D eigenvalue weighted by Crippen LogP contribution is 2.44. The molecule has 1 N–H and O–H groups in total. The van der Waals surface area contributed by atoms with Crippen LogP contribution in [-0.2, 0) is 22.5 Å². The molecule has 0 saturated carbocycles. The predicted molar refractivity (Wildman–Crippen MR) is 179 cm³/mol. The Labute approximate surface area is 271 Å². The number of fused-ring (bicyclic) bond motifs is 1. The van der Waals surface area contributed by atoms with E-state index >= 15 is 0 Å². The maximum atomic E-state index is 13.0. The first kappa shape index (κ1) is 34.0. The number of carbonyl (C=O) groups is 2. The van der Waals surface area contributed by atoms with Crippen LogP contribution in [0.15, 0.2) is 47.4 Å². The lowest BCUT2D eigenvalue weighted by atomic mass is 9.88. The van der Waals surface area contributed by atoms with Crippen LogP contribution in [0.4, 0.5) is 4.79 Å². The molecule has 2 aromatic carbocycles. The number of aliphatic carboxylic acids is 1. The third-order valence-electron chi connectivity index (χ3n) is 7.64. The van der Waals surface area contributed by atoms with Gasteiger partial charge in [0, 0.05) is 50.8 Å². The molecule has 0 spiro atoms. The molecule has 1 amide bonds. The molecular weight excluding hydrogens is 596 g/mol. The highest BCUT2D eigenvalue weighted by atomic mass is 35.5. The van der Waals surface area contributed by atoms with Crippen molar-refractivity contribution < 1.29 is 24.2 Å². The van der Waals surface area contributed by atoms with E-state index in [-0.39, 0.29) is 16.9 Å². The Kier molecular flexibility index (Phi) is 10.3. The molecule has 240 valence electrons. The van der Waals surface area contributed by atoms with E-state index in [0.717, 1.165) is 52.1 Å². The highest BCUT2D eigenvalue weighted by Gasteiger charge is 2.34. The Bertz CT molecular complexity index is 1480. The van der Waals surface area contributed by atoms with Crippen LogP contribution >= 0.6 is 23.4 Å². The molecule has 1 aromatic heterocycles. The molecule has 0 radical (unpaired) electrons. The summed E-state index contributed by atoms with van der Waals surface area (Å²) in [6.07, 6.45) is 2.92. The van der Waals surface area contributed by atoms with Gasteiger partial charge in [0.05, 0.1) is 11.5 Å². The minimum Gasteiger partial charge on any atom is -0.491 e. The molecule has 1 saturated heterocycles. The number of carboxylic acid groups (broad SMARTS) is 1. The summed E-state index contributed by atoms with van der Waals surface area (Å²) in [5.41, 5.74) is 1.56. The number of carbonyl (C=O) groups excluding carboxylic acids is 1. The van der Waals surface area contributed by atoms with Gasteiger partial charge in [-0.25, -0.2) is 4.79 Å². The molecule has 1 unspecified atom stereocenters. The SMILES string of the molecule is CC(C)(C)OC(=O)N1CCCCC1COc1ccc2c(c1)c(SC(C)(C)C)c(CC(C)(C)C(=O)O)n2Cc1ccc(Cl)cc1. The van der Waals surface area contributed by atoms with Crippen molar-refractivity contribution in [3.05, 3.63) is 58.7 Å². The van der Waals surface area contributed by atoms with Crippen molar-refractivity contribution in [1.82, 2.24) is 9.47 Å². The fourth-order valence-corrected chi connectivity index (χ4v) is 6.73. The summed E-state index contributed by atoms with van der Waals surface area (Å²) in [6.45, 7) is 17.3. The summed E-state index contributed by atoms with van der Waals surface area (Å²) >= 11 is 7.93. The normalized spacial score (nSPS) is 16.3. The first-order valence-corrected chi connectivity index (χ1v) is 16.6. The lowest BCUT2D eigenvalue weighted by molar-refractivity contribution is -0.146. The van der Waals surface area contributed by atoms with Crippen LogP contribution < -0.4 is 4.74 Å². The van der Waals surface area contributed by atoms with Crippen LogP contribution in [0, 0.1) is 5.41 Å². The number of thioether (sulfide) groups is 1. The van der Waals surface area contributed by atoms with E-state index in [0.29, 0.717) is 31.1 Å². The van der Waals surface area contributed by atoms with E-state index in [1.54, 1.807) is 25.6 Å². The Morgan fingerprint density at radius 3 is 2.30 bits per heavy atom. The van der Waals surface area contributed by atoms with Crippen molar-refractivity contribution >= 4 is 46.3 Å². The number of aromatic nitrogens is 1. The fourth-order valence-electron chi connectivity index (χ4n) is 5.42.